The second-order valence-electron chi connectivity index (χ2n) is 6.69. The molecule has 2 atom stereocenters. The minimum absolute atomic E-state index is 0.545. The van der Waals surface area contributed by atoms with Crippen LogP contribution < -0.4 is 0 Å². The molecule has 0 rings (SSSR count). The van der Waals surface area contributed by atoms with Crippen molar-refractivity contribution in [3.63, 3.8) is 0 Å². The Kier molecular flexibility index (Phi) is 16.7. The van der Waals surface area contributed by atoms with Gasteiger partial charge >= 0.3 is 0 Å². The topological polar surface area (TPSA) is 40.9 Å². The number of nitriles is 1. The van der Waals surface area contributed by atoms with Gasteiger partial charge in [-0.2, -0.15) is 5.26 Å². The highest BCUT2D eigenvalue weighted by molar-refractivity contribution is 5.49. The molecule has 0 radical (unpaired) electrons. The molecule has 0 saturated carbocycles. The quantitative estimate of drug-likeness (QED) is 0.373. The van der Waals surface area contributed by atoms with E-state index in [9.17, 15) is 4.79 Å². The van der Waals surface area contributed by atoms with Crippen LogP contribution in [0.4, 0.5) is 0 Å². The van der Waals surface area contributed by atoms with Crippen LogP contribution >= 0.6 is 0 Å². The van der Waals surface area contributed by atoms with Crippen molar-refractivity contribution in [3.05, 3.63) is 23.3 Å². The van der Waals surface area contributed by atoms with Crippen LogP contribution in [0.1, 0.15) is 80.1 Å². The second kappa shape index (κ2) is 16.0. The first kappa shape index (κ1) is 22.9. The van der Waals surface area contributed by atoms with Crippen molar-refractivity contribution in [1.29, 1.82) is 5.26 Å². The van der Waals surface area contributed by atoms with E-state index in [1.54, 1.807) is 0 Å². The number of hydrogen-bond acceptors (Lipinski definition) is 2. The molecule has 0 aliphatic rings. The Balaban J connectivity index is 0. The van der Waals surface area contributed by atoms with Crippen LogP contribution in [0.25, 0.3) is 0 Å². The van der Waals surface area contributed by atoms with E-state index in [0.717, 1.165) is 32.0 Å². The summed E-state index contributed by atoms with van der Waals surface area (Å²) in [7, 11) is 0. The number of carbonyl (C=O) groups excluding carboxylic acids is 1. The Morgan fingerprint density at radius 3 is 1.77 bits per heavy atom. The monoisotopic (exact) mass is 305 g/mol. The largest absolute Gasteiger partial charge is 0.303 e. The fourth-order valence-corrected chi connectivity index (χ4v) is 1.85. The fourth-order valence-electron chi connectivity index (χ4n) is 1.85. The van der Waals surface area contributed by atoms with Crippen molar-refractivity contribution in [2.45, 2.75) is 80.1 Å². The molecule has 0 aromatic heterocycles. The number of hydrogen-bond donors (Lipinski definition) is 0. The molecular formula is C20H35NO. The third kappa shape index (κ3) is 20.9. The van der Waals surface area contributed by atoms with Crippen LogP contribution in [0, 0.1) is 23.2 Å². The van der Waals surface area contributed by atoms with Gasteiger partial charge in [-0.1, -0.05) is 37.1 Å². The maximum atomic E-state index is 10.1. The maximum Gasteiger partial charge on any atom is 0.120 e. The normalized spacial score (nSPS) is 12.0. The van der Waals surface area contributed by atoms with E-state index < -0.39 is 0 Å². The lowest BCUT2D eigenvalue weighted by Gasteiger charge is -2.03. The van der Waals surface area contributed by atoms with Gasteiger partial charge in [0.15, 0.2) is 0 Å². The third-order valence-electron chi connectivity index (χ3n) is 3.36. The van der Waals surface area contributed by atoms with E-state index in [2.05, 4.69) is 59.8 Å². The van der Waals surface area contributed by atoms with E-state index in [-0.39, 0.29) is 0 Å². The molecule has 0 saturated heterocycles. The molecule has 0 amide bonds. The maximum absolute atomic E-state index is 10.1. The summed E-state index contributed by atoms with van der Waals surface area (Å²) >= 11 is 0. The van der Waals surface area contributed by atoms with Crippen LogP contribution in [0.5, 0.6) is 0 Å². The summed E-state index contributed by atoms with van der Waals surface area (Å²) < 4.78 is 0. The summed E-state index contributed by atoms with van der Waals surface area (Å²) in [5.41, 5.74) is 2.73. The van der Waals surface area contributed by atoms with E-state index in [0.29, 0.717) is 24.7 Å². The van der Waals surface area contributed by atoms with Gasteiger partial charge in [0.1, 0.15) is 6.29 Å². The van der Waals surface area contributed by atoms with Crippen LogP contribution in [-0.4, -0.2) is 6.29 Å². The molecule has 0 N–H and O–H groups in total. The number of carbonyl (C=O) groups is 1. The molecule has 126 valence electrons. The number of nitrogens with zero attached hydrogens (tertiary/aromatic N) is 1. The minimum atomic E-state index is 0.545. The molecule has 0 fully saturated rings. The molecule has 2 nitrogen and oxygen atoms in total. The van der Waals surface area contributed by atoms with Crippen molar-refractivity contribution in [3.8, 4) is 6.07 Å². The fraction of sp³-hybridized carbons (Fsp3) is 0.700. The Labute approximate surface area is 138 Å². The summed E-state index contributed by atoms with van der Waals surface area (Å²) in [6.45, 7) is 12.7. The molecule has 0 aromatic carbocycles. The molecule has 0 bridgehead atoms. The Morgan fingerprint density at radius 2 is 1.41 bits per heavy atom. The highest BCUT2D eigenvalue weighted by atomic mass is 16.1. The highest BCUT2D eigenvalue weighted by Gasteiger charge is 1.98. The number of aldehydes is 1. The standard InChI is InChI=1S/C10H17N.C10H18O/c2*1-9(2)5-4-6-10(3)7-8-11/h5,10H,4,6-7H2,1-3H3;5,8,10H,4,6-7H2,1-3H3. The summed E-state index contributed by atoms with van der Waals surface area (Å²) in [4.78, 5) is 10.1. The van der Waals surface area contributed by atoms with Crippen LogP contribution in [0.3, 0.4) is 0 Å². The summed E-state index contributed by atoms with van der Waals surface area (Å²) in [6.07, 6.45) is 11.3. The Hall–Kier alpha value is -1.36. The second-order valence-corrected chi connectivity index (χ2v) is 6.69. The van der Waals surface area contributed by atoms with Gasteiger partial charge in [0.05, 0.1) is 6.07 Å². The summed E-state index contributed by atoms with van der Waals surface area (Å²) in [5, 5.41) is 8.38. The van der Waals surface area contributed by atoms with Crippen molar-refractivity contribution >= 4 is 6.29 Å². The smallest absolute Gasteiger partial charge is 0.120 e. The van der Waals surface area contributed by atoms with Crippen molar-refractivity contribution in [2.75, 3.05) is 0 Å². The average molecular weight is 306 g/mol. The van der Waals surface area contributed by atoms with E-state index >= 15 is 0 Å². The van der Waals surface area contributed by atoms with Gasteiger partial charge in [-0.25, -0.2) is 0 Å². The first-order valence-corrected chi connectivity index (χ1v) is 8.40. The molecule has 0 heterocycles. The van der Waals surface area contributed by atoms with Gasteiger partial charge in [0.25, 0.3) is 0 Å². The number of rotatable bonds is 9. The van der Waals surface area contributed by atoms with Crippen molar-refractivity contribution < 1.29 is 4.79 Å². The SMILES string of the molecule is CC(C)=CCCC(C)CC#N.CC(C)=CCCC(C)CC=O. The van der Waals surface area contributed by atoms with E-state index in [1.165, 1.54) is 11.1 Å². The first-order valence-electron chi connectivity index (χ1n) is 8.40. The summed E-state index contributed by atoms with van der Waals surface area (Å²) in [6, 6.07) is 2.18. The predicted octanol–water partition coefficient (Wildman–Crippen LogP) is 6.24. The lowest BCUT2D eigenvalue weighted by molar-refractivity contribution is -0.108. The lowest BCUT2D eigenvalue weighted by Crippen LogP contribution is -1.93. The van der Waals surface area contributed by atoms with Gasteiger partial charge in [-0.05, 0) is 65.2 Å². The zero-order valence-corrected chi connectivity index (χ0v) is 15.5. The van der Waals surface area contributed by atoms with Crippen LogP contribution in [0.2, 0.25) is 0 Å². The highest BCUT2D eigenvalue weighted by Crippen LogP contribution is 2.10. The Bertz CT molecular complexity index is 366. The molecule has 2 heteroatoms. The van der Waals surface area contributed by atoms with Crippen molar-refractivity contribution in [2.24, 2.45) is 11.8 Å². The minimum Gasteiger partial charge on any atom is -0.303 e. The predicted molar refractivity (Wildman–Crippen MR) is 96.6 cm³/mol. The molecule has 0 aromatic rings. The van der Waals surface area contributed by atoms with E-state index in [4.69, 9.17) is 5.26 Å². The van der Waals surface area contributed by atoms with Gasteiger partial charge in [0, 0.05) is 12.8 Å². The molecule has 0 aliphatic heterocycles. The van der Waals surface area contributed by atoms with Crippen molar-refractivity contribution in [1.82, 2.24) is 0 Å². The molecule has 0 aliphatic carbocycles. The average Bonchev–Trinajstić information content (AvgIpc) is 2.39. The van der Waals surface area contributed by atoms with Crippen LogP contribution in [-0.2, 0) is 4.79 Å². The van der Waals surface area contributed by atoms with Gasteiger partial charge in [0.2, 0.25) is 0 Å². The van der Waals surface area contributed by atoms with E-state index in [1.807, 2.05) is 0 Å². The van der Waals surface area contributed by atoms with Gasteiger partial charge < -0.3 is 4.79 Å². The lowest BCUT2D eigenvalue weighted by atomic mass is 10.0. The van der Waals surface area contributed by atoms with Gasteiger partial charge in [-0.3, -0.25) is 0 Å². The zero-order chi connectivity index (χ0) is 17.4. The first-order chi connectivity index (χ1) is 10.3. The zero-order valence-electron chi connectivity index (χ0n) is 15.5. The Morgan fingerprint density at radius 1 is 0.955 bits per heavy atom. The molecule has 2 unspecified atom stereocenters. The molecule has 22 heavy (non-hydrogen) atoms. The molecule has 0 spiro atoms. The molecular weight excluding hydrogens is 270 g/mol. The third-order valence-corrected chi connectivity index (χ3v) is 3.36. The van der Waals surface area contributed by atoms with Gasteiger partial charge in [-0.15, -0.1) is 0 Å². The van der Waals surface area contributed by atoms with Crippen LogP contribution in [0.15, 0.2) is 23.3 Å². The number of allylic oxidation sites excluding steroid dienone is 4. The summed E-state index contributed by atoms with van der Waals surface area (Å²) in [5.74, 6) is 1.10.